The van der Waals surface area contributed by atoms with Crippen molar-refractivity contribution in [3.63, 3.8) is 0 Å². The van der Waals surface area contributed by atoms with E-state index in [1.807, 2.05) is 0 Å². The highest BCUT2D eigenvalue weighted by Gasteiger charge is 2.32. The Bertz CT molecular complexity index is 699. The van der Waals surface area contributed by atoms with Gasteiger partial charge in [0.1, 0.15) is 5.03 Å². The Hall–Kier alpha value is -1.87. The molecule has 0 fully saturated rings. The van der Waals surface area contributed by atoms with Gasteiger partial charge in [-0.2, -0.15) is 13.2 Å². The molecule has 23 heavy (non-hydrogen) atoms. The highest BCUT2D eigenvalue weighted by atomic mass is 35.5. The zero-order valence-corrected chi connectivity index (χ0v) is 13.2. The van der Waals surface area contributed by atoms with Crippen LogP contribution in [0, 0.1) is 0 Å². The molecule has 1 amide bonds. The molecule has 0 aliphatic heterocycles. The van der Waals surface area contributed by atoms with Gasteiger partial charge in [-0.25, -0.2) is 15.0 Å². The molecule has 122 valence electrons. The number of halogens is 4. The van der Waals surface area contributed by atoms with Crippen molar-refractivity contribution < 1.29 is 18.0 Å². The number of pyridine rings is 1. The van der Waals surface area contributed by atoms with Gasteiger partial charge in [0.2, 0.25) is 11.9 Å². The maximum Gasteiger partial charge on any atom is 0.417 e. The molecule has 0 saturated heterocycles. The van der Waals surface area contributed by atoms with Gasteiger partial charge in [-0.3, -0.25) is 10.1 Å². The van der Waals surface area contributed by atoms with Gasteiger partial charge in [0.15, 0.2) is 0 Å². The van der Waals surface area contributed by atoms with E-state index in [4.69, 9.17) is 11.6 Å². The van der Waals surface area contributed by atoms with E-state index in [1.54, 1.807) is 13.0 Å². The van der Waals surface area contributed by atoms with Crippen LogP contribution in [0.25, 0.3) is 0 Å². The topological polar surface area (TPSA) is 67.8 Å². The summed E-state index contributed by atoms with van der Waals surface area (Å²) < 4.78 is 37.6. The molecule has 2 aromatic rings. The highest BCUT2D eigenvalue weighted by Crippen LogP contribution is 2.34. The fourth-order valence-corrected chi connectivity index (χ4v) is 2.55. The number of nitrogens with one attached hydrogen (secondary N) is 1. The van der Waals surface area contributed by atoms with Gasteiger partial charge in [-0.15, -0.1) is 0 Å². The number of amides is 1. The number of aromatic nitrogens is 3. The molecule has 10 heteroatoms. The number of carbonyl (C=O) groups is 1. The lowest BCUT2D eigenvalue weighted by Crippen LogP contribution is -2.23. The van der Waals surface area contributed by atoms with Gasteiger partial charge in [-0.1, -0.05) is 23.4 Å². The van der Waals surface area contributed by atoms with Crippen LogP contribution in [-0.4, -0.2) is 26.1 Å². The minimum Gasteiger partial charge on any atom is -0.294 e. The van der Waals surface area contributed by atoms with Gasteiger partial charge in [-0.05, 0) is 19.1 Å². The summed E-state index contributed by atoms with van der Waals surface area (Å²) in [6.07, 6.45) is -0.907. The molecule has 0 unspecified atom stereocenters. The Morgan fingerprint density at radius 1 is 1.30 bits per heavy atom. The Labute approximate surface area is 138 Å². The van der Waals surface area contributed by atoms with Crippen LogP contribution in [0.3, 0.4) is 0 Å². The molecule has 0 radical (unpaired) electrons. The molecule has 2 heterocycles. The molecule has 0 aliphatic rings. The van der Waals surface area contributed by atoms with Crippen LogP contribution >= 0.6 is 23.4 Å². The lowest BCUT2D eigenvalue weighted by atomic mass is 10.3. The maximum atomic E-state index is 12.5. The van der Waals surface area contributed by atoms with Crippen LogP contribution in [0.15, 0.2) is 35.7 Å². The molecule has 0 aromatic carbocycles. The van der Waals surface area contributed by atoms with Crippen molar-refractivity contribution in [2.45, 2.75) is 23.4 Å². The summed E-state index contributed by atoms with van der Waals surface area (Å²) in [6.45, 7) is 1.57. The number of thioether (sulfide) groups is 1. The average molecular weight is 363 g/mol. The lowest BCUT2D eigenvalue weighted by molar-refractivity contribution is -0.137. The second-order valence-corrected chi connectivity index (χ2v) is 6.07. The molecule has 0 aliphatic carbocycles. The van der Waals surface area contributed by atoms with Crippen LogP contribution in [0.4, 0.5) is 19.1 Å². The largest absolute Gasteiger partial charge is 0.417 e. The number of hydrogen-bond donors (Lipinski definition) is 1. The Kier molecular flexibility index (Phi) is 5.42. The fraction of sp³-hybridized carbons (Fsp3) is 0.231. The number of rotatable bonds is 4. The monoisotopic (exact) mass is 362 g/mol. The van der Waals surface area contributed by atoms with E-state index in [2.05, 4.69) is 20.3 Å². The molecule has 0 spiro atoms. The van der Waals surface area contributed by atoms with Gasteiger partial charge in [0.05, 0.1) is 15.8 Å². The standard InChI is InChI=1S/C13H10ClF3N4OS/c1-7(10(22)21-12-18-3-2-4-19-12)23-11-9(14)5-8(6-20-11)13(15,16)17/h2-7H,1H3,(H,18,19,21,22)/t7-/m0/s1. The number of nitrogens with zero attached hydrogens (tertiary/aromatic N) is 3. The van der Waals surface area contributed by atoms with Crippen molar-refractivity contribution in [3.05, 3.63) is 41.3 Å². The van der Waals surface area contributed by atoms with Crippen LogP contribution in [0.5, 0.6) is 0 Å². The molecule has 0 bridgehead atoms. The molecule has 5 nitrogen and oxygen atoms in total. The summed E-state index contributed by atoms with van der Waals surface area (Å²) in [5, 5.41) is 1.80. The van der Waals surface area contributed by atoms with Gasteiger partial charge >= 0.3 is 6.18 Å². The second-order valence-electron chi connectivity index (χ2n) is 4.33. The predicted octanol–water partition coefficient (Wildman–Crippen LogP) is 3.66. The predicted molar refractivity (Wildman–Crippen MR) is 80.2 cm³/mol. The van der Waals surface area contributed by atoms with Crippen LogP contribution in [0.1, 0.15) is 12.5 Å². The van der Waals surface area contributed by atoms with Gasteiger partial charge < -0.3 is 0 Å². The SMILES string of the molecule is C[C@H](Sc1ncc(C(F)(F)F)cc1Cl)C(=O)Nc1ncccn1. The molecule has 1 atom stereocenters. The van der Waals surface area contributed by atoms with Crippen molar-refractivity contribution in [2.24, 2.45) is 0 Å². The van der Waals surface area contributed by atoms with E-state index in [0.29, 0.717) is 6.20 Å². The van der Waals surface area contributed by atoms with E-state index in [1.165, 1.54) is 12.4 Å². The third kappa shape index (κ3) is 4.80. The number of carbonyl (C=O) groups excluding carboxylic acids is 1. The number of alkyl halides is 3. The second kappa shape index (κ2) is 7.14. The zero-order valence-electron chi connectivity index (χ0n) is 11.6. The average Bonchev–Trinajstić information content (AvgIpc) is 2.49. The van der Waals surface area contributed by atoms with Gasteiger partial charge in [0.25, 0.3) is 0 Å². The van der Waals surface area contributed by atoms with Crippen molar-refractivity contribution >= 4 is 35.2 Å². The van der Waals surface area contributed by atoms with E-state index in [9.17, 15) is 18.0 Å². The first-order valence-electron chi connectivity index (χ1n) is 6.24. The minimum absolute atomic E-state index is 0.135. The van der Waals surface area contributed by atoms with Crippen LogP contribution < -0.4 is 5.32 Å². The first kappa shape index (κ1) is 17.5. The van der Waals surface area contributed by atoms with Crippen molar-refractivity contribution in [2.75, 3.05) is 5.32 Å². The summed E-state index contributed by atoms with van der Waals surface area (Å²) in [7, 11) is 0. The summed E-state index contributed by atoms with van der Waals surface area (Å²) in [5.41, 5.74) is -0.943. The van der Waals surface area contributed by atoms with Crippen LogP contribution in [0.2, 0.25) is 5.02 Å². The molecule has 1 N–H and O–H groups in total. The number of anilines is 1. The Morgan fingerprint density at radius 2 is 1.96 bits per heavy atom. The van der Waals surface area contributed by atoms with Gasteiger partial charge in [0, 0.05) is 18.6 Å². The molecular weight excluding hydrogens is 353 g/mol. The summed E-state index contributed by atoms with van der Waals surface area (Å²) in [4.78, 5) is 23.4. The zero-order chi connectivity index (χ0) is 17.0. The van der Waals surface area contributed by atoms with E-state index in [-0.39, 0.29) is 16.0 Å². The lowest BCUT2D eigenvalue weighted by Gasteiger charge is -2.12. The third-order valence-electron chi connectivity index (χ3n) is 2.59. The molecule has 0 saturated carbocycles. The summed E-state index contributed by atoms with van der Waals surface area (Å²) in [5.74, 6) is -0.282. The molecular formula is C13H10ClF3N4OS. The van der Waals surface area contributed by atoms with Crippen molar-refractivity contribution in [1.29, 1.82) is 0 Å². The summed E-state index contributed by atoms with van der Waals surface area (Å²) in [6, 6.07) is 2.38. The fourth-order valence-electron chi connectivity index (χ4n) is 1.46. The quantitative estimate of drug-likeness (QED) is 0.841. The van der Waals surface area contributed by atoms with Crippen molar-refractivity contribution in [3.8, 4) is 0 Å². The van der Waals surface area contributed by atoms with E-state index in [0.717, 1.165) is 17.8 Å². The maximum absolute atomic E-state index is 12.5. The first-order valence-corrected chi connectivity index (χ1v) is 7.50. The smallest absolute Gasteiger partial charge is 0.294 e. The summed E-state index contributed by atoms with van der Waals surface area (Å²) >= 11 is 6.74. The molecule has 2 rings (SSSR count). The normalized spacial score (nSPS) is 12.7. The highest BCUT2D eigenvalue weighted by molar-refractivity contribution is 8.00. The minimum atomic E-state index is -4.52. The Balaban J connectivity index is 2.05. The first-order chi connectivity index (χ1) is 10.8. The van der Waals surface area contributed by atoms with Crippen LogP contribution in [-0.2, 0) is 11.0 Å². The third-order valence-corrected chi connectivity index (χ3v) is 4.11. The van der Waals surface area contributed by atoms with E-state index < -0.39 is 22.9 Å². The van der Waals surface area contributed by atoms with Crippen molar-refractivity contribution in [1.82, 2.24) is 15.0 Å². The van der Waals surface area contributed by atoms with E-state index >= 15 is 0 Å². The number of hydrogen-bond acceptors (Lipinski definition) is 5. The Morgan fingerprint density at radius 3 is 2.52 bits per heavy atom. The molecule has 2 aromatic heterocycles.